The minimum absolute atomic E-state index is 0.324. The zero-order valence-corrected chi connectivity index (χ0v) is 15.3. The van der Waals surface area contributed by atoms with Crippen LogP contribution in [-0.4, -0.2) is 44.9 Å². The zero-order chi connectivity index (χ0) is 18.0. The number of rotatable bonds is 4. The van der Waals surface area contributed by atoms with Crippen LogP contribution in [0, 0.1) is 13.8 Å². The summed E-state index contributed by atoms with van der Waals surface area (Å²) in [7, 11) is 0. The van der Waals surface area contributed by atoms with E-state index in [9.17, 15) is 4.79 Å². The number of carbonyl (C=O) groups is 1. The highest BCUT2D eigenvalue weighted by atomic mass is 16.5. The smallest absolute Gasteiger partial charge is 0.343 e. The van der Waals surface area contributed by atoms with Gasteiger partial charge in [-0.05, 0) is 53.0 Å². The van der Waals surface area contributed by atoms with Crippen molar-refractivity contribution in [1.29, 1.82) is 0 Å². The molecule has 2 aromatic heterocycles. The van der Waals surface area contributed by atoms with E-state index < -0.39 is 0 Å². The molecule has 0 saturated carbocycles. The molecule has 0 aliphatic carbocycles. The first-order valence-corrected chi connectivity index (χ1v) is 8.85. The van der Waals surface area contributed by atoms with Crippen molar-refractivity contribution in [3.05, 3.63) is 29.2 Å². The number of piperidine rings is 1. The number of esters is 1. The number of anilines is 1. The summed E-state index contributed by atoms with van der Waals surface area (Å²) < 4.78 is 6.91. The van der Waals surface area contributed by atoms with Crippen molar-refractivity contribution < 1.29 is 9.53 Å². The molecule has 3 rings (SSSR count). The SMILES string of the molecule is CCOC(=O)c1cnc(-n2nc(C)cc2C)nc1N1CCCC[C@H]1C. The molecule has 7 heteroatoms. The summed E-state index contributed by atoms with van der Waals surface area (Å²) in [5, 5.41) is 4.45. The van der Waals surface area contributed by atoms with Crippen LogP contribution >= 0.6 is 0 Å². The fourth-order valence-corrected chi connectivity index (χ4v) is 3.28. The fraction of sp³-hybridized carbons (Fsp3) is 0.556. The Labute approximate surface area is 148 Å². The van der Waals surface area contributed by atoms with Crippen LogP contribution in [0.1, 0.15) is 54.9 Å². The first-order chi connectivity index (χ1) is 12.0. The van der Waals surface area contributed by atoms with Gasteiger partial charge in [0.2, 0.25) is 0 Å². The number of nitrogens with zero attached hydrogens (tertiary/aromatic N) is 5. The summed E-state index contributed by atoms with van der Waals surface area (Å²) in [4.78, 5) is 23.6. The Balaban J connectivity index is 2.08. The third-order valence-corrected chi connectivity index (χ3v) is 4.53. The Morgan fingerprint density at radius 1 is 1.36 bits per heavy atom. The highest BCUT2D eigenvalue weighted by molar-refractivity contribution is 5.94. The third-order valence-electron chi connectivity index (χ3n) is 4.53. The van der Waals surface area contributed by atoms with Gasteiger partial charge in [0.1, 0.15) is 11.4 Å². The maximum atomic E-state index is 12.4. The average molecular weight is 343 g/mol. The van der Waals surface area contributed by atoms with Gasteiger partial charge in [-0.3, -0.25) is 0 Å². The molecule has 1 atom stereocenters. The number of aromatic nitrogens is 4. The predicted octanol–water partition coefficient (Wildman–Crippen LogP) is 2.83. The highest BCUT2D eigenvalue weighted by Gasteiger charge is 2.26. The van der Waals surface area contributed by atoms with Gasteiger partial charge in [0, 0.05) is 24.5 Å². The van der Waals surface area contributed by atoms with Crippen molar-refractivity contribution in [3.8, 4) is 5.95 Å². The Bertz CT molecular complexity index is 771. The van der Waals surface area contributed by atoms with Crippen molar-refractivity contribution in [1.82, 2.24) is 19.7 Å². The van der Waals surface area contributed by atoms with E-state index >= 15 is 0 Å². The summed E-state index contributed by atoms with van der Waals surface area (Å²) >= 11 is 0. The third kappa shape index (κ3) is 3.50. The second-order valence-corrected chi connectivity index (χ2v) is 6.50. The molecule has 134 valence electrons. The molecule has 0 aromatic carbocycles. The molecule has 2 aromatic rings. The second kappa shape index (κ2) is 7.21. The normalized spacial score (nSPS) is 17.6. The zero-order valence-electron chi connectivity index (χ0n) is 15.3. The quantitative estimate of drug-likeness (QED) is 0.795. The molecule has 0 unspecified atom stereocenters. The molecular weight excluding hydrogens is 318 g/mol. The maximum absolute atomic E-state index is 12.4. The largest absolute Gasteiger partial charge is 0.462 e. The summed E-state index contributed by atoms with van der Waals surface area (Å²) in [5.41, 5.74) is 2.28. The van der Waals surface area contributed by atoms with E-state index in [1.807, 2.05) is 19.9 Å². The van der Waals surface area contributed by atoms with E-state index in [2.05, 4.69) is 21.9 Å². The van der Waals surface area contributed by atoms with Gasteiger partial charge < -0.3 is 9.64 Å². The molecule has 1 aliphatic rings. The van der Waals surface area contributed by atoms with Gasteiger partial charge in [-0.2, -0.15) is 10.1 Å². The van der Waals surface area contributed by atoms with Crippen LogP contribution in [0.15, 0.2) is 12.3 Å². The van der Waals surface area contributed by atoms with Gasteiger partial charge in [-0.15, -0.1) is 0 Å². The van der Waals surface area contributed by atoms with Gasteiger partial charge in [0.25, 0.3) is 5.95 Å². The van der Waals surface area contributed by atoms with Crippen molar-refractivity contribution in [2.45, 2.75) is 53.0 Å². The Kier molecular flexibility index (Phi) is 5.01. The highest BCUT2D eigenvalue weighted by Crippen LogP contribution is 2.27. The molecular formula is C18H25N5O2. The average Bonchev–Trinajstić information content (AvgIpc) is 2.93. The fourth-order valence-electron chi connectivity index (χ4n) is 3.28. The number of aryl methyl sites for hydroxylation is 2. The van der Waals surface area contributed by atoms with Crippen LogP contribution in [-0.2, 0) is 4.74 Å². The summed E-state index contributed by atoms with van der Waals surface area (Å²) in [6.45, 7) is 9.06. The molecule has 1 aliphatic heterocycles. The van der Waals surface area contributed by atoms with E-state index in [0.29, 0.717) is 30.0 Å². The topological polar surface area (TPSA) is 73.1 Å². The van der Waals surface area contributed by atoms with Crippen molar-refractivity contribution in [2.75, 3.05) is 18.1 Å². The van der Waals surface area contributed by atoms with Crippen LogP contribution in [0.2, 0.25) is 0 Å². The number of ether oxygens (including phenoxy) is 1. The van der Waals surface area contributed by atoms with Gasteiger partial charge >= 0.3 is 5.97 Å². The minimum Gasteiger partial charge on any atom is -0.462 e. The summed E-state index contributed by atoms with van der Waals surface area (Å²) in [6.07, 6.45) is 4.93. The van der Waals surface area contributed by atoms with Crippen molar-refractivity contribution in [2.24, 2.45) is 0 Å². The van der Waals surface area contributed by atoms with Crippen LogP contribution in [0.25, 0.3) is 5.95 Å². The molecule has 0 N–H and O–H groups in total. The van der Waals surface area contributed by atoms with E-state index in [0.717, 1.165) is 30.8 Å². The number of hydrogen-bond donors (Lipinski definition) is 0. The molecule has 0 spiro atoms. The molecule has 25 heavy (non-hydrogen) atoms. The molecule has 0 amide bonds. The molecule has 3 heterocycles. The molecule has 1 fully saturated rings. The van der Waals surface area contributed by atoms with Crippen LogP contribution < -0.4 is 4.90 Å². The first kappa shape index (κ1) is 17.4. The Morgan fingerprint density at radius 2 is 2.16 bits per heavy atom. The van der Waals surface area contributed by atoms with Crippen molar-refractivity contribution in [3.63, 3.8) is 0 Å². The van der Waals surface area contributed by atoms with E-state index in [4.69, 9.17) is 9.72 Å². The summed E-state index contributed by atoms with van der Waals surface area (Å²) in [6, 6.07) is 2.30. The number of carbonyl (C=O) groups excluding carboxylic acids is 1. The van der Waals surface area contributed by atoms with Gasteiger partial charge in [0.15, 0.2) is 0 Å². The molecule has 7 nitrogen and oxygen atoms in total. The van der Waals surface area contributed by atoms with E-state index in [1.165, 1.54) is 6.42 Å². The van der Waals surface area contributed by atoms with Gasteiger partial charge in [-0.25, -0.2) is 14.5 Å². The number of hydrogen-bond acceptors (Lipinski definition) is 6. The van der Waals surface area contributed by atoms with E-state index in [-0.39, 0.29) is 5.97 Å². The summed E-state index contributed by atoms with van der Waals surface area (Å²) in [5.74, 6) is 0.741. The van der Waals surface area contributed by atoms with Gasteiger partial charge in [0.05, 0.1) is 12.3 Å². The standard InChI is InChI=1S/C18H25N5O2/c1-5-25-17(24)15-11-19-18(23-14(4)10-12(2)21-23)20-16(15)22-9-7-6-8-13(22)3/h10-11,13H,5-9H2,1-4H3/t13-/m1/s1. The second-order valence-electron chi connectivity index (χ2n) is 6.50. The molecule has 0 radical (unpaired) electrons. The molecule has 0 bridgehead atoms. The minimum atomic E-state index is -0.379. The van der Waals surface area contributed by atoms with E-state index in [1.54, 1.807) is 17.8 Å². The van der Waals surface area contributed by atoms with Gasteiger partial charge in [-0.1, -0.05) is 0 Å². The lowest BCUT2D eigenvalue weighted by Crippen LogP contribution is -2.39. The van der Waals surface area contributed by atoms with Crippen LogP contribution in [0.3, 0.4) is 0 Å². The van der Waals surface area contributed by atoms with Crippen molar-refractivity contribution >= 4 is 11.8 Å². The monoisotopic (exact) mass is 343 g/mol. The molecule has 1 saturated heterocycles. The predicted molar refractivity (Wildman–Crippen MR) is 95.2 cm³/mol. The lowest BCUT2D eigenvalue weighted by Gasteiger charge is -2.35. The Hall–Kier alpha value is -2.44. The maximum Gasteiger partial charge on any atom is 0.343 e. The Morgan fingerprint density at radius 3 is 2.80 bits per heavy atom. The lowest BCUT2D eigenvalue weighted by atomic mass is 10.0. The first-order valence-electron chi connectivity index (χ1n) is 8.85. The van der Waals surface area contributed by atoms with Crippen LogP contribution in [0.5, 0.6) is 0 Å². The lowest BCUT2D eigenvalue weighted by molar-refractivity contribution is 0.0526. The van der Waals surface area contributed by atoms with Crippen LogP contribution in [0.4, 0.5) is 5.82 Å².